The number of nitrogens with one attached hydrogen (secondary N) is 1. The second kappa shape index (κ2) is 6.61. The first-order valence-electron chi connectivity index (χ1n) is 5.86. The molecule has 17 heavy (non-hydrogen) atoms. The molecular weight excluding hydrogens is 238 g/mol. The number of nitrogens with two attached hydrogens (primary N) is 1. The van der Waals surface area contributed by atoms with E-state index in [0.717, 1.165) is 25.3 Å². The number of halogens is 1. The number of nitrogens with zero attached hydrogens (tertiary/aromatic N) is 3. The molecular formula is C11H20ClN5. The Hall–Kier alpha value is -1.07. The molecule has 1 unspecified atom stereocenters. The number of hydrogen-bond donors (Lipinski definition) is 2. The lowest BCUT2D eigenvalue weighted by Crippen LogP contribution is -2.29. The van der Waals surface area contributed by atoms with Gasteiger partial charge in [0, 0.05) is 13.1 Å². The average molecular weight is 258 g/mol. The van der Waals surface area contributed by atoms with Crippen LogP contribution in [0.3, 0.4) is 0 Å². The predicted molar refractivity (Wildman–Crippen MR) is 72.2 cm³/mol. The third-order valence-electron chi connectivity index (χ3n) is 2.76. The Balaban J connectivity index is 2.93. The van der Waals surface area contributed by atoms with Crippen LogP contribution in [0.2, 0.25) is 5.02 Å². The predicted octanol–water partition coefficient (Wildman–Crippen LogP) is 2.29. The maximum atomic E-state index is 6.12. The number of nitrogen functional groups attached to an aromatic ring is 1. The standard InChI is InChI=1S/C11H20ClN5/c1-4-8(3)7-17(5-2)10-9(12)6-14-11(15-10)16-13/h6,8H,4-5,7,13H2,1-3H3,(H,14,15,16). The van der Waals surface area contributed by atoms with E-state index in [0.29, 0.717) is 16.9 Å². The van der Waals surface area contributed by atoms with Gasteiger partial charge < -0.3 is 4.90 Å². The summed E-state index contributed by atoms with van der Waals surface area (Å²) in [6, 6.07) is 0. The number of rotatable bonds is 6. The first-order valence-corrected chi connectivity index (χ1v) is 6.24. The molecule has 96 valence electrons. The van der Waals surface area contributed by atoms with Gasteiger partial charge in [0.1, 0.15) is 5.02 Å². The van der Waals surface area contributed by atoms with Crippen molar-refractivity contribution in [2.75, 3.05) is 23.4 Å². The minimum atomic E-state index is 0.381. The van der Waals surface area contributed by atoms with Crippen LogP contribution in [0.5, 0.6) is 0 Å². The molecule has 0 spiro atoms. The zero-order valence-corrected chi connectivity index (χ0v) is 11.3. The quantitative estimate of drug-likeness (QED) is 0.605. The lowest BCUT2D eigenvalue weighted by Gasteiger charge is -2.25. The minimum Gasteiger partial charge on any atom is -0.355 e. The van der Waals surface area contributed by atoms with Gasteiger partial charge >= 0.3 is 0 Å². The molecule has 0 amide bonds. The molecule has 6 heteroatoms. The van der Waals surface area contributed by atoms with Crippen molar-refractivity contribution in [3.05, 3.63) is 11.2 Å². The van der Waals surface area contributed by atoms with Gasteiger partial charge in [-0.1, -0.05) is 31.9 Å². The highest BCUT2D eigenvalue weighted by Gasteiger charge is 2.14. The van der Waals surface area contributed by atoms with Gasteiger partial charge in [-0.15, -0.1) is 0 Å². The van der Waals surface area contributed by atoms with E-state index in [9.17, 15) is 0 Å². The molecule has 0 saturated heterocycles. The van der Waals surface area contributed by atoms with E-state index in [1.807, 2.05) is 0 Å². The third kappa shape index (κ3) is 3.71. The van der Waals surface area contributed by atoms with Crippen LogP contribution in [-0.4, -0.2) is 23.1 Å². The van der Waals surface area contributed by atoms with Crippen molar-refractivity contribution in [3.63, 3.8) is 0 Å². The molecule has 1 atom stereocenters. The molecule has 1 rings (SSSR count). The molecule has 0 aromatic carbocycles. The van der Waals surface area contributed by atoms with Crippen LogP contribution in [0.4, 0.5) is 11.8 Å². The van der Waals surface area contributed by atoms with Crippen LogP contribution in [0.25, 0.3) is 0 Å². The molecule has 0 saturated carbocycles. The molecule has 0 fully saturated rings. The van der Waals surface area contributed by atoms with Crippen molar-refractivity contribution >= 4 is 23.4 Å². The molecule has 0 aliphatic heterocycles. The molecule has 1 heterocycles. The van der Waals surface area contributed by atoms with Gasteiger partial charge in [0.25, 0.3) is 0 Å². The summed E-state index contributed by atoms with van der Waals surface area (Å²) < 4.78 is 0. The van der Waals surface area contributed by atoms with Crippen LogP contribution in [-0.2, 0) is 0 Å². The Labute approximate surface area is 107 Å². The van der Waals surface area contributed by atoms with E-state index in [-0.39, 0.29) is 0 Å². The summed E-state index contributed by atoms with van der Waals surface area (Å²) in [4.78, 5) is 10.4. The van der Waals surface area contributed by atoms with Gasteiger partial charge in [-0.3, -0.25) is 5.43 Å². The lowest BCUT2D eigenvalue weighted by atomic mass is 10.1. The normalized spacial score (nSPS) is 12.3. The number of hydrogen-bond acceptors (Lipinski definition) is 5. The number of hydrazine groups is 1. The van der Waals surface area contributed by atoms with Gasteiger partial charge in [0.15, 0.2) is 5.82 Å². The van der Waals surface area contributed by atoms with Crippen LogP contribution < -0.4 is 16.2 Å². The second-order valence-corrected chi connectivity index (χ2v) is 4.47. The molecule has 5 nitrogen and oxygen atoms in total. The Morgan fingerprint density at radius 2 is 2.24 bits per heavy atom. The van der Waals surface area contributed by atoms with Crippen molar-refractivity contribution in [3.8, 4) is 0 Å². The van der Waals surface area contributed by atoms with Crippen LogP contribution in [0, 0.1) is 5.92 Å². The maximum absolute atomic E-state index is 6.12. The van der Waals surface area contributed by atoms with Crippen molar-refractivity contribution < 1.29 is 0 Å². The fraction of sp³-hybridized carbons (Fsp3) is 0.636. The molecule has 0 radical (unpaired) electrons. The monoisotopic (exact) mass is 257 g/mol. The first kappa shape index (κ1) is 14.0. The van der Waals surface area contributed by atoms with Crippen LogP contribution in [0.15, 0.2) is 6.20 Å². The van der Waals surface area contributed by atoms with Gasteiger partial charge in [-0.25, -0.2) is 10.8 Å². The largest absolute Gasteiger partial charge is 0.355 e. The Bertz CT molecular complexity index is 358. The Morgan fingerprint density at radius 1 is 1.53 bits per heavy atom. The molecule has 0 bridgehead atoms. The summed E-state index contributed by atoms with van der Waals surface area (Å²) in [5.74, 6) is 7.01. The smallest absolute Gasteiger partial charge is 0.239 e. The summed E-state index contributed by atoms with van der Waals surface area (Å²) in [6.45, 7) is 8.24. The zero-order valence-electron chi connectivity index (χ0n) is 10.6. The minimum absolute atomic E-state index is 0.381. The molecule has 1 aromatic heterocycles. The van der Waals surface area contributed by atoms with Gasteiger partial charge in [-0.2, -0.15) is 4.98 Å². The van der Waals surface area contributed by atoms with E-state index in [1.54, 1.807) is 6.20 Å². The molecule has 3 N–H and O–H groups in total. The highest BCUT2D eigenvalue weighted by atomic mass is 35.5. The molecule has 0 aliphatic carbocycles. The summed E-state index contributed by atoms with van der Waals surface area (Å²) >= 11 is 6.12. The van der Waals surface area contributed by atoms with Crippen molar-refractivity contribution in [1.29, 1.82) is 0 Å². The van der Waals surface area contributed by atoms with Crippen LogP contribution in [0.1, 0.15) is 27.2 Å². The lowest BCUT2D eigenvalue weighted by molar-refractivity contribution is 0.545. The third-order valence-corrected chi connectivity index (χ3v) is 3.03. The van der Waals surface area contributed by atoms with Gasteiger partial charge in [-0.05, 0) is 12.8 Å². The highest BCUT2D eigenvalue weighted by Crippen LogP contribution is 2.24. The van der Waals surface area contributed by atoms with Gasteiger partial charge in [0.05, 0.1) is 6.20 Å². The summed E-state index contributed by atoms with van der Waals surface area (Å²) in [7, 11) is 0. The van der Waals surface area contributed by atoms with E-state index in [1.165, 1.54) is 0 Å². The number of aromatic nitrogens is 2. The summed E-state index contributed by atoms with van der Waals surface area (Å²) in [5, 5.41) is 0.550. The van der Waals surface area contributed by atoms with Crippen molar-refractivity contribution in [2.24, 2.45) is 11.8 Å². The van der Waals surface area contributed by atoms with E-state index in [4.69, 9.17) is 17.4 Å². The van der Waals surface area contributed by atoms with E-state index < -0.39 is 0 Å². The van der Waals surface area contributed by atoms with Gasteiger partial charge in [0.2, 0.25) is 5.95 Å². The van der Waals surface area contributed by atoms with Crippen molar-refractivity contribution in [2.45, 2.75) is 27.2 Å². The summed E-state index contributed by atoms with van der Waals surface area (Å²) in [6.07, 6.45) is 2.69. The van der Waals surface area contributed by atoms with Crippen LogP contribution >= 0.6 is 11.6 Å². The van der Waals surface area contributed by atoms with E-state index >= 15 is 0 Å². The fourth-order valence-corrected chi connectivity index (χ4v) is 1.73. The highest BCUT2D eigenvalue weighted by molar-refractivity contribution is 6.32. The SMILES string of the molecule is CCC(C)CN(CC)c1nc(NN)ncc1Cl. The maximum Gasteiger partial charge on any atom is 0.239 e. The second-order valence-electron chi connectivity index (χ2n) is 4.06. The molecule has 1 aromatic rings. The topological polar surface area (TPSA) is 67.1 Å². The Morgan fingerprint density at radius 3 is 2.76 bits per heavy atom. The van der Waals surface area contributed by atoms with Crippen molar-refractivity contribution in [1.82, 2.24) is 9.97 Å². The fourth-order valence-electron chi connectivity index (χ4n) is 1.52. The summed E-state index contributed by atoms with van der Waals surface area (Å²) in [5.41, 5.74) is 2.43. The van der Waals surface area contributed by atoms with E-state index in [2.05, 4.69) is 41.1 Å². The zero-order chi connectivity index (χ0) is 12.8. The Kier molecular flexibility index (Phi) is 5.44. The average Bonchev–Trinajstić information content (AvgIpc) is 2.36. The molecule has 0 aliphatic rings. The first-order chi connectivity index (χ1) is 8.12. The number of anilines is 2.